The van der Waals surface area contributed by atoms with Gasteiger partial charge in [0.05, 0.1) is 0 Å². The Hall–Kier alpha value is -1.90. The summed E-state index contributed by atoms with van der Waals surface area (Å²) in [6.45, 7) is 2.04. The molecule has 0 bridgehead atoms. The van der Waals surface area contributed by atoms with Crippen molar-refractivity contribution in [2.45, 2.75) is 25.7 Å². The predicted molar refractivity (Wildman–Crippen MR) is 68.6 cm³/mol. The van der Waals surface area contributed by atoms with Gasteiger partial charge in [-0.05, 0) is 37.5 Å². The van der Waals surface area contributed by atoms with Crippen LogP contribution in [0.15, 0.2) is 30.5 Å². The zero-order valence-corrected chi connectivity index (χ0v) is 9.85. The van der Waals surface area contributed by atoms with Crippen LogP contribution in [0.3, 0.4) is 0 Å². The lowest BCUT2D eigenvalue weighted by atomic mass is 10.1. The number of aromatic nitrogens is 2. The average molecular weight is 225 g/mol. The van der Waals surface area contributed by atoms with Crippen LogP contribution in [0.5, 0.6) is 0 Å². The van der Waals surface area contributed by atoms with Gasteiger partial charge in [0.1, 0.15) is 5.82 Å². The second-order valence-electron chi connectivity index (χ2n) is 4.62. The molecule has 1 fully saturated rings. The average Bonchev–Trinajstić information content (AvgIpc) is 3.14. The van der Waals surface area contributed by atoms with E-state index < -0.39 is 0 Å². The van der Waals surface area contributed by atoms with Crippen molar-refractivity contribution in [3.8, 4) is 11.1 Å². The Labute approximate surface area is 101 Å². The number of nitrogen functional groups attached to an aromatic ring is 1. The van der Waals surface area contributed by atoms with Gasteiger partial charge in [-0.3, -0.25) is 0 Å². The van der Waals surface area contributed by atoms with E-state index in [9.17, 15) is 0 Å². The van der Waals surface area contributed by atoms with E-state index in [-0.39, 0.29) is 0 Å². The van der Waals surface area contributed by atoms with Crippen LogP contribution in [0.2, 0.25) is 0 Å². The van der Waals surface area contributed by atoms with Gasteiger partial charge in [0, 0.05) is 29.1 Å². The Morgan fingerprint density at radius 3 is 2.47 bits per heavy atom. The molecule has 17 heavy (non-hydrogen) atoms. The first kappa shape index (κ1) is 10.3. The Balaban J connectivity index is 1.99. The highest BCUT2D eigenvalue weighted by Crippen LogP contribution is 2.38. The van der Waals surface area contributed by atoms with Gasteiger partial charge in [0.25, 0.3) is 0 Å². The first-order valence-corrected chi connectivity index (χ1v) is 5.93. The molecule has 1 aliphatic rings. The third kappa shape index (κ3) is 2.00. The summed E-state index contributed by atoms with van der Waals surface area (Å²) in [5.74, 6) is 1.61. The Bertz CT molecular complexity index is 542. The molecule has 1 aromatic carbocycles. The Morgan fingerprint density at radius 2 is 1.88 bits per heavy atom. The molecule has 0 aliphatic heterocycles. The minimum absolute atomic E-state index is 0.606. The van der Waals surface area contributed by atoms with Crippen LogP contribution in [-0.2, 0) is 0 Å². The van der Waals surface area contributed by atoms with E-state index >= 15 is 0 Å². The van der Waals surface area contributed by atoms with Crippen molar-refractivity contribution in [1.29, 1.82) is 0 Å². The smallest absolute Gasteiger partial charge is 0.131 e. The summed E-state index contributed by atoms with van der Waals surface area (Å²) >= 11 is 0. The minimum Gasteiger partial charge on any atom is -0.399 e. The number of nitrogens with two attached hydrogens (primary N) is 1. The van der Waals surface area contributed by atoms with Crippen LogP contribution in [-0.4, -0.2) is 9.97 Å². The molecule has 3 heteroatoms. The quantitative estimate of drug-likeness (QED) is 0.799. The molecular weight excluding hydrogens is 210 g/mol. The SMILES string of the molecule is Cc1nc(C2CC2)ncc1-c1ccc(N)cc1. The normalized spacial score (nSPS) is 14.9. The third-order valence-electron chi connectivity index (χ3n) is 3.16. The summed E-state index contributed by atoms with van der Waals surface area (Å²) in [6.07, 6.45) is 4.41. The Morgan fingerprint density at radius 1 is 1.18 bits per heavy atom. The molecule has 2 N–H and O–H groups in total. The highest BCUT2D eigenvalue weighted by molar-refractivity contribution is 5.66. The van der Waals surface area contributed by atoms with Crippen molar-refractivity contribution in [3.05, 3.63) is 42.0 Å². The maximum Gasteiger partial charge on any atom is 0.131 e. The molecule has 0 amide bonds. The summed E-state index contributed by atoms with van der Waals surface area (Å²) < 4.78 is 0. The largest absolute Gasteiger partial charge is 0.399 e. The standard InChI is InChI=1S/C14H15N3/c1-9-13(10-4-6-12(15)7-5-10)8-16-14(17-9)11-2-3-11/h4-8,11H,2-3,15H2,1H3. The molecule has 0 unspecified atom stereocenters. The lowest BCUT2D eigenvalue weighted by Crippen LogP contribution is -1.97. The van der Waals surface area contributed by atoms with E-state index in [0.717, 1.165) is 28.3 Å². The van der Waals surface area contributed by atoms with Gasteiger partial charge in [0.2, 0.25) is 0 Å². The van der Waals surface area contributed by atoms with E-state index in [1.54, 1.807) is 0 Å². The van der Waals surface area contributed by atoms with Gasteiger partial charge in [-0.25, -0.2) is 9.97 Å². The maximum atomic E-state index is 5.68. The fourth-order valence-corrected chi connectivity index (χ4v) is 1.97. The van der Waals surface area contributed by atoms with Gasteiger partial charge in [-0.2, -0.15) is 0 Å². The van der Waals surface area contributed by atoms with Crippen LogP contribution >= 0.6 is 0 Å². The third-order valence-corrected chi connectivity index (χ3v) is 3.16. The van der Waals surface area contributed by atoms with E-state index in [2.05, 4.69) is 9.97 Å². The summed E-state index contributed by atoms with van der Waals surface area (Å²) in [5.41, 5.74) is 9.73. The molecule has 0 atom stereocenters. The minimum atomic E-state index is 0.606. The van der Waals surface area contributed by atoms with Crippen LogP contribution < -0.4 is 5.73 Å². The maximum absolute atomic E-state index is 5.68. The van der Waals surface area contributed by atoms with Crippen LogP contribution in [0.25, 0.3) is 11.1 Å². The molecule has 3 rings (SSSR count). The fourth-order valence-electron chi connectivity index (χ4n) is 1.97. The number of anilines is 1. The zero-order chi connectivity index (χ0) is 11.8. The van der Waals surface area contributed by atoms with E-state index in [1.807, 2.05) is 37.4 Å². The fraction of sp³-hybridized carbons (Fsp3) is 0.286. The van der Waals surface area contributed by atoms with Gasteiger partial charge < -0.3 is 5.73 Å². The lowest BCUT2D eigenvalue weighted by molar-refractivity contribution is 0.908. The first-order chi connectivity index (χ1) is 8.24. The number of rotatable bonds is 2. The molecule has 1 aromatic heterocycles. The topological polar surface area (TPSA) is 51.8 Å². The highest BCUT2D eigenvalue weighted by Gasteiger charge is 2.26. The van der Waals surface area contributed by atoms with Crippen molar-refractivity contribution in [2.75, 3.05) is 5.73 Å². The molecule has 3 nitrogen and oxygen atoms in total. The molecule has 1 saturated carbocycles. The van der Waals surface area contributed by atoms with Gasteiger partial charge in [0.15, 0.2) is 0 Å². The van der Waals surface area contributed by atoms with Gasteiger partial charge in [-0.15, -0.1) is 0 Å². The van der Waals surface area contributed by atoms with Crippen molar-refractivity contribution in [2.24, 2.45) is 0 Å². The molecular formula is C14H15N3. The second kappa shape index (κ2) is 3.84. The first-order valence-electron chi connectivity index (χ1n) is 5.93. The highest BCUT2D eigenvalue weighted by atomic mass is 14.9. The summed E-state index contributed by atoms with van der Waals surface area (Å²) in [4.78, 5) is 9.05. The summed E-state index contributed by atoms with van der Waals surface area (Å²) in [7, 11) is 0. The molecule has 86 valence electrons. The molecule has 2 aromatic rings. The predicted octanol–water partition coefficient (Wildman–Crippen LogP) is 2.91. The molecule has 1 heterocycles. The van der Waals surface area contributed by atoms with Crippen LogP contribution in [0.1, 0.15) is 30.3 Å². The van der Waals surface area contributed by atoms with Gasteiger partial charge in [-0.1, -0.05) is 12.1 Å². The zero-order valence-electron chi connectivity index (χ0n) is 9.85. The molecule has 0 saturated heterocycles. The number of hydrogen-bond donors (Lipinski definition) is 1. The van der Waals surface area contributed by atoms with Crippen LogP contribution in [0.4, 0.5) is 5.69 Å². The van der Waals surface area contributed by atoms with Crippen molar-refractivity contribution >= 4 is 5.69 Å². The molecule has 0 spiro atoms. The number of nitrogens with zero attached hydrogens (tertiary/aromatic N) is 2. The summed E-state index contributed by atoms with van der Waals surface area (Å²) in [6, 6.07) is 7.84. The number of hydrogen-bond acceptors (Lipinski definition) is 3. The second-order valence-corrected chi connectivity index (χ2v) is 4.62. The monoisotopic (exact) mass is 225 g/mol. The van der Waals surface area contributed by atoms with Gasteiger partial charge >= 0.3 is 0 Å². The van der Waals surface area contributed by atoms with Crippen molar-refractivity contribution < 1.29 is 0 Å². The van der Waals surface area contributed by atoms with Crippen LogP contribution in [0, 0.1) is 6.92 Å². The Kier molecular flexibility index (Phi) is 2.32. The van der Waals surface area contributed by atoms with Crippen molar-refractivity contribution in [1.82, 2.24) is 9.97 Å². The van der Waals surface area contributed by atoms with Crippen molar-refractivity contribution in [3.63, 3.8) is 0 Å². The number of benzene rings is 1. The summed E-state index contributed by atoms with van der Waals surface area (Å²) in [5, 5.41) is 0. The molecule has 1 aliphatic carbocycles. The van der Waals surface area contributed by atoms with E-state index in [0.29, 0.717) is 5.92 Å². The molecule has 0 radical (unpaired) electrons. The lowest BCUT2D eigenvalue weighted by Gasteiger charge is -2.07. The number of aryl methyl sites for hydroxylation is 1. The van der Waals surface area contributed by atoms with E-state index in [1.165, 1.54) is 12.8 Å². The van der Waals surface area contributed by atoms with E-state index in [4.69, 9.17) is 5.73 Å².